The van der Waals surface area contributed by atoms with E-state index in [1.165, 1.54) is 5.56 Å². The van der Waals surface area contributed by atoms with Crippen molar-refractivity contribution in [2.45, 2.75) is 32.1 Å². The first kappa shape index (κ1) is 16.6. The van der Waals surface area contributed by atoms with Crippen LogP contribution < -0.4 is 4.74 Å². The molecule has 2 rings (SSSR count). The van der Waals surface area contributed by atoms with Gasteiger partial charge in [0.05, 0.1) is 10.6 Å². The minimum atomic E-state index is -3.22. The molecule has 0 heterocycles. The molecule has 0 aliphatic heterocycles. The van der Waals surface area contributed by atoms with Crippen LogP contribution in [-0.2, 0) is 9.84 Å². The molecule has 2 aromatic carbocycles. The van der Waals surface area contributed by atoms with E-state index in [0.29, 0.717) is 10.6 Å². The Kier molecular flexibility index (Phi) is 5.24. The summed E-state index contributed by atoms with van der Waals surface area (Å²) in [6.45, 7) is 5.96. The standard InChI is InChI=1S/C18H22O3S/c1-4-14(2)13-22(19,20)18-11-9-17(10-12-18)21-16-7-5-15(3)6-8-16/h5-12,14H,4,13H2,1-3H3. The van der Waals surface area contributed by atoms with Crippen LogP contribution in [0.4, 0.5) is 0 Å². The molecule has 0 N–H and O–H groups in total. The lowest BCUT2D eigenvalue weighted by molar-refractivity contribution is 0.482. The third kappa shape index (κ3) is 4.34. The Labute approximate surface area is 132 Å². The molecule has 1 unspecified atom stereocenters. The van der Waals surface area contributed by atoms with Gasteiger partial charge in [0, 0.05) is 0 Å². The Balaban J connectivity index is 2.11. The molecule has 1 atom stereocenters. The Hall–Kier alpha value is -1.81. The molecule has 0 fully saturated rings. The fourth-order valence-electron chi connectivity index (χ4n) is 2.05. The van der Waals surface area contributed by atoms with E-state index < -0.39 is 9.84 Å². The maximum atomic E-state index is 12.3. The van der Waals surface area contributed by atoms with Crippen molar-refractivity contribution in [3.8, 4) is 11.5 Å². The van der Waals surface area contributed by atoms with Crippen molar-refractivity contribution in [2.24, 2.45) is 5.92 Å². The molecule has 0 aromatic heterocycles. The van der Waals surface area contributed by atoms with Crippen LogP contribution in [0.25, 0.3) is 0 Å². The number of ether oxygens (including phenoxy) is 1. The van der Waals surface area contributed by atoms with Crippen molar-refractivity contribution < 1.29 is 13.2 Å². The van der Waals surface area contributed by atoms with E-state index in [0.717, 1.165) is 12.2 Å². The molecule has 0 saturated carbocycles. The van der Waals surface area contributed by atoms with Gasteiger partial charge in [0.2, 0.25) is 0 Å². The summed E-state index contributed by atoms with van der Waals surface area (Å²) in [7, 11) is -3.22. The zero-order valence-electron chi connectivity index (χ0n) is 13.2. The van der Waals surface area contributed by atoms with E-state index >= 15 is 0 Å². The number of hydrogen-bond acceptors (Lipinski definition) is 3. The number of benzene rings is 2. The van der Waals surface area contributed by atoms with Crippen molar-refractivity contribution >= 4 is 9.84 Å². The predicted molar refractivity (Wildman–Crippen MR) is 89.2 cm³/mol. The van der Waals surface area contributed by atoms with E-state index in [-0.39, 0.29) is 11.7 Å². The summed E-state index contributed by atoms with van der Waals surface area (Å²) in [4.78, 5) is 0.351. The molecule has 0 spiro atoms. The van der Waals surface area contributed by atoms with Crippen LogP contribution >= 0.6 is 0 Å². The van der Waals surface area contributed by atoms with Gasteiger partial charge in [-0.25, -0.2) is 8.42 Å². The number of rotatable bonds is 6. The van der Waals surface area contributed by atoms with Gasteiger partial charge < -0.3 is 4.74 Å². The molecule has 118 valence electrons. The highest BCUT2D eigenvalue weighted by Gasteiger charge is 2.17. The van der Waals surface area contributed by atoms with Gasteiger partial charge >= 0.3 is 0 Å². The SMILES string of the molecule is CCC(C)CS(=O)(=O)c1ccc(Oc2ccc(C)cc2)cc1. The van der Waals surface area contributed by atoms with Gasteiger partial charge in [0.1, 0.15) is 11.5 Å². The van der Waals surface area contributed by atoms with Crippen LogP contribution in [0.1, 0.15) is 25.8 Å². The second kappa shape index (κ2) is 6.97. The van der Waals surface area contributed by atoms with Gasteiger partial charge in [-0.3, -0.25) is 0 Å². The molecule has 0 radical (unpaired) electrons. The molecule has 0 saturated heterocycles. The Bertz CT molecular complexity index is 701. The van der Waals surface area contributed by atoms with E-state index in [9.17, 15) is 8.42 Å². The normalized spacial score (nSPS) is 12.9. The Morgan fingerprint density at radius 2 is 1.45 bits per heavy atom. The largest absolute Gasteiger partial charge is 0.457 e. The van der Waals surface area contributed by atoms with Crippen LogP contribution in [0.2, 0.25) is 0 Å². The number of hydrogen-bond donors (Lipinski definition) is 0. The fraction of sp³-hybridized carbons (Fsp3) is 0.333. The van der Waals surface area contributed by atoms with E-state index in [2.05, 4.69) is 0 Å². The van der Waals surface area contributed by atoms with Crippen LogP contribution in [0, 0.1) is 12.8 Å². The summed E-state index contributed by atoms with van der Waals surface area (Å²) < 4.78 is 30.2. The van der Waals surface area contributed by atoms with E-state index in [4.69, 9.17) is 4.74 Å². The first-order valence-corrected chi connectivity index (χ1v) is 9.13. The first-order chi connectivity index (χ1) is 10.4. The Morgan fingerprint density at radius 3 is 1.95 bits per heavy atom. The summed E-state index contributed by atoms with van der Waals surface area (Å²) in [5, 5.41) is 0. The molecular formula is C18H22O3S. The van der Waals surface area contributed by atoms with Crippen LogP contribution in [0.5, 0.6) is 11.5 Å². The number of aryl methyl sites for hydroxylation is 1. The third-order valence-corrected chi connectivity index (χ3v) is 5.64. The second-order valence-corrected chi connectivity index (χ2v) is 7.72. The van der Waals surface area contributed by atoms with Gasteiger partial charge in [-0.05, 0) is 49.2 Å². The number of sulfone groups is 1. The molecule has 0 aliphatic rings. The lowest BCUT2D eigenvalue weighted by atomic mass is 10.2. The minimum absolute atomic E-state index is 0.161. The fourth-order valence-corrected chi connectivity index (χ4v) is 3.77. The third-order valence-electron chi connectivity index (χ3n) is 3.64. The van der Waals surface area contributed by atoms with Gasteiger partial charge in [-0.1, -0.05) is 38.0 Å². The zero-order chi connectivity index (χ0) is 16.2. The van der Waals surface area contributed by atoms with Crippen molar-refractivity contribution in [3.05, 3.63) is 54.1 Å². The first-order valence-electron chi connectivity index (χ1n) is 7.48. The molecule has 0 bridgehead atoms. The van der Waals surface area contributed by atoms with Gasteiger partial charge in [0.15, 0.2) is 9.84 Å². The average Bonchev–Trinajstić information content (AvgIpc) is 2.49. The highest BCUT2D eigenvalue weighted by Crippen LogP contribution is 2.24. The van der Waals surface area contributed by atoms with E-state index in [1.807, 2.05) is 45.0 Å². The van der Waals surface area contributed by atoms with Crippen LogP contribution in [-0.4, -0.2) is 14.2 Å². The smallest absolute Gasteiger partial charge is 0.178 e. The predicted octanol–water partition coefficient (Wildman–Crippen LogP) is 4.61. The molecule has 2 aromatic rings. The quantitative estimate of drug-likeness (QED) is 0.781. The highest BCUT2D eigenvalue weighted by molar-refractivity contribution is 7.91. The highest BCUT2D eigenvalue weighted by atomic mass is 32.2. The summed E-state index contributed by atoms with van der Waals surface area (Å²) in [5.74, 6) is 1.71. The van der Waals surface area contributed by atoms with Crippen molar-refractivity contribution in [3.63, 3.8) is 0 Å². The summed E-state index contributed by atoms with van der Waals surface area (Å²) in [5.41, 5.74) is 1.17. The van der Waals surface area contributed by atoms with Crippen molar-refractivity contribution in [1.82, 2.24) is 0 Å². The Morgan fingerprint density at radius 1 is 0.955 bits per heavy atom. The maximum absolute atomic E-state index is 12.3. The second-order valence-electron chi connectivity index (χ2n) is 5.68. The summed E-state index contributed by atoms with van der Waals surface area (Å²) in [6, 6.07) is 14.3. The maximum Gasteiger partial charge on any atom is 0.178 e. The topological polar surface area (TPSA) is 43.4 Å². The van der Waals surface area contributed by atoms with Crippen molar-refractivity contribution in [2.75, 3.05) is 5.75 Å². The zero-order valence-corrected chi connectivity index (χ0v) is 14.1. The van der Waals surface area contributed by atoms with Gasteiger partial charge in [-0.15, -0.1) is 0 Å². The molecular weight excluding hydrogens is 296 g/mol. The molecule has 4 heteroatoms. The minimum Gasteiger partial charge on any atom is -0.457 e. The summed E-state index contributed by atoms with van der Waals surface area (Å²) >= 11 is 0. The lowest BCUT2D eigenvalue weighted by Gasteiger charge is -2.10. The van der Waals surface area contributed by atoms with Gasteiger partial charge in [-0.2, -0.15) is 0 Å². The lowest BCUT2D eigenvalue weighted by Crippen LogP contribution is -2.13. The van der Waals surface area contributed by atoms with Crippen LogP contribution in [0.3, 0.4) is 0 Å². The molecule has 22 heavy (non-hydrogen) atoms. The summed E-state index contributed by atoms with van der Waals surface area (Å²) in [6.07, 6.45) is 0.855. The molecule has 0 aliphatic carbocycles. The van der Waals surface area contributed by atoms with Crippen molar-refractivity contribution in [1.29, 1.82) is 0 Å². The van der Waals surface area contributed by atoms with Gasteiger partial charge in [0.25, 0.3) is 0 Å². The van der Waals surface area contributed by atoms with E-state index in [1.54, 1.807) is 24.3 Å². The molecule has 3 nitrogen and oxygen atoms in total. The molecule has 0 amide bonds. The average molecular weight is 318 g/mol. The van der Waals surface area contributed by atoms with Crippen LogP contribution in [0.15, 0.2) is 53.4 Å². The monoisotopic (exact) mass is 318 g/mol.